The topological polar surface area (TPSA) is 106 Å². The van der Waals surface area contributed by atoms with E-state index in [0.29, 0.717) is 48.6 Å². The number of aromatic nitrogens is 2. The van der Waals surface area contributed by atoms with Gasteiger partial charge in [0.05, 0.1) is 36.1 Å². The molecule has 4 rings (SSSR count). The Morgan fingerprint density at radius 2 is 1.94 bits per heavy atom. The van der Waals surface area contributed by atoms with Gasteiger partial charge in [0, 0.05) is 25.7 Å². The molecule has 2 heterocycles. The highest BCUT2D eigenvalue weighted by atomic mass is 32.2. The van der Waals surface area contributed by atoms with Gasteiger partial charge < -0.3 is 9.64 Å². The predicted octanol–water partition coefficient (Wildman–Crippen LogP) is 3.51. The molecule has 1 aromatic heterocycles. The standard InChI is InChI=1S/C24H24FN5O4S/c1-2-24(31)30-22-8-4-3-7-20(22)28-23(30)17-27-35(32,33)26-11-5-6-18-9-10-21(19(25)16-18)29-12-14-34-15-13-29/h3-11,16-17H,2,12-15H2,1H3. The van der Waals surface area contributed by atoms with Crippen LogP contribution in [0.4, 0.5) is 10.1 Å². The monoisotopic (exact) mass is 497 g/mol. The number of benzene rings is 2. The number of hydrogen-bond acceptors (Lipinski definition) is 6. The summed E-state index contributed by atoms with van der Waals surface area (Å²) in [5.41, 5.74) is 2.17. The van der Waals surface area contributed by atoms with E-state index in [1.165, 1.54) is 22.8 Å². The third-order valence-corrected chi connectivity index (χ3v) is 6.09. The lowest BCUT2D eigenvalue weighted by Crippen LogP contribution is -2.36. The molecule has 1 aliphatic heterocycles. The molecule has 11 heteroatoms. The Labute approximate surface area is 202 Å². The maximum Gasteiger partial charge on any atom is 0.363 e. The first-order valence-electron chi connectivity index (χ1n) is 11.0. The predicted molar refractivity (Wildman–Crippen MR) is 134 cm³/mol. The number of fused-ring (bicyclic) bond motifs is 1. The van der Waals surface area contributed by atoms with Crippen LogP contribution in [-0.2, 0) is 14.9 Å². The molecular weight excluding hydrogens is 473 g/mol. The van der Waals surface area contributed by atoms with Gasteiger partial charge in [0.15, 0.2) is 5.82 Å². The molecule has 3 aromatic rings. The minimum Gasteiger partial charge on any atom is -0.378 e. The molecule has 0 unspecified atom stereocenters. The van der Waals surface area contributed by atoms with Crippen molar-refractivity contribution in [2.45, 2.75) is 13.3 Å². The van der Waals surface area contributed by atoms with Crippen molar-refractivity contribution in [1.82, 2.24) is 9.55 Å². The molecule has 0 atom stereocenters. The van der Waals surface area contributed by atoms with Crippen LogP contribution in [0.15, 0.2) is 57.3 Å². The van der Waals surface area contributed by atoms with Crippen molar-refractivity contribution in [3.8, 4) is 0 Å². The fourth-order valence-electron chi connectivity index (χ4n) is 3.65. The van der Waals surface area contributed by atoms with Gasteiger partial charge in [-0.2, -0.15) is 12.8 Å². The summed E-state index contributed by atoms with van der Waals surface area (Å²) in [6, 6.07) is 11.8. The van der Waals surface area contributed by atoms with Crippen LogP contribution in [0.5, 0.6) is 0 Å². The number of carbonyl (C=O) groups excluding carboxylic acids is 1. The zero-order valence-electron chi connectivity index (χ0n) is 19.0. The summed E-state index contributed by atoms with van der Waals surface area (Å²) >= 11 is 0. The van der Waals surface area contributed by atoms with Gasteiger partial charge in [0.25, 0.3) is 0 Å². The third-order valence-electron chi connectivity index (χ3n) is 5.33. The molecule has 1 saturated heterocycles. The molecule has 1 aliphatic rings. The average molecular weight is 498 g/mol. The maximum atomic E-state index is 14.5. The van der Waals surface area contributed by atoms with E-state index in [9.17, 15) is 17.6 Å². The Balaban J connectivity index is 1.46. The first-order valence-corrected chi connectivity index (χ1v) is 12.4. The highest BCUT2D eigenvalue weighted by Gasteiger charge is 2.16. The second-order valence-corrected chi connectivity index (χ2v) is 8.96. The highest BCUT2D eigenvalue weighted by molar-refractivity contribution is 7.89. The van der Waals surface area contributed by atoms with Gasteiger partial charge in [0.2, 0.25) is 5.91 Å². The van der Waals surface area contributed by atoms with Crippen molar-refractivity contribution in [3.05, 3.63) is 65.7 Å². The molecule has 0 aliphatic carbocycles. The van der Waals surface area contributed by atoms with Crippen LogP contribution in [0.2, 0.25) is 0 Å². The van der Waals surface area contributed by atoms with E-state index in [1.54, 1.807) is 43.3 Å². The van der Waals surface area contributed by atoms with Crippen LogP contribution in [0.3, 0.4) is 0 Å². The minimum atomic E-state index is -4.22. The number of anilines is 1. The van der Waals surface area contributed by atoms with E-state index in [2.05, 4.69) is 13.8 Å². The Morgan fingerprint density at radius 3 is 2.69 bits per heavy atom. The van der Waals surface area contributed by atoms with Crippen LogP contribution in [0, 0.1) is 5.82 Å². The second-order valence-electron chi connectivity index (χ2n) is 7.65. The number of morpholine rings is 1. The second kappa shape index (κ2) is 10.7. The summed E-state index contributed by atoms with van der Waals surface area (Å²) in [5.74, 6) is -0.508. The summed E-state index contributed by atoms with van der Waals surface area (Å²) in [7, 11) is -4.22. The Kier molecular flexibility index (Phi) is 7.47. The van der Waals surface area contributed by atoms with Gasteiger partial charge >= 0.3 is 10.2 Å². The first kappa shape index (κ1) is 24.4. The Bertz CT molecular complexity index is 1420. The number of nitrogens with zero attached hydrogens (tertiary/aromatic N) is 5. The zero-order valence-corrected chi connectivity index (χ0v) is 19.9. The SMILES string of the molecule is CCC(=O)n1c(C=NS(=O)(=O)N=CC=Cc2ccc(N3CCOCC3)c(F)c2)nc2ccccc21. The van der Waals surface area contributed by atoms with Crippen LogP contribution >= 0.6 is 0 Å². The van der Waals surface area contributed by atoms with E-state index in [-0.39, 0.29) is 24.0 Å². The van der Waals surface area contributed by atoms with Crippen molar-refractivity contribution in [2.75, 3.05) is 31.2 Å². The largest absolute Gasteiger partial charge is 0.378 e. The molecule has 1 fully saturated rings. The van der Waals surface area contributed by atoms with E-state index >= 15 is 0 Å². The van der Waals surface area contributed by atoms with Crippen molar-refractivity contribution >= 4 is 51.3 Å². The summed E-state index contributed by atoms with van der Waals surface area (Å²) < 4.78 is 52.6. The van der Waals surface area contributed by atoms with E-state index in [4.69, 9.17) is 4.74 Å². The van der Waals surface area contributed by atoms with Crippen LogP contribution < -0.4 is 4.90 Å². The van der Waals surface area contributed by atoms with E-state index in [1.807, 2.05) is 4.90 Å². The number of halogens is 1. The van der Waals surface area contributed by atoms with Crippen molar-refractivity contribution in [3.63, 3.8) is 0 Å². The molecule has 0 amide bonds. The molecule has 35 heavy (non-hydrogen) atoms. The normalized spacial score (nSPS) is 15.2. The summed E-state index contributed by atoms with van der Waals surface area (Å²) in [6.07, 6.45) is 5.19. The lowest BCUT2D eigenvalue weighted by molar-refractivity contribution is 0.0913. The number of ether oxygens (including phenoxy) is 1. The lowest BCUT2D eigenvalue weighted by Gasteiger charge is -2.29. The number of carbonyl (C=O) groups is 1. The van der Waals surface area contributed by atoms with Gasteiger partial charge in [0.1, 0.15) is 5.82 Å². The number of allylic oxidation sites excluding steroid dienone is 1. The molecule has 2 aromatic carbocycles. The van der Waals surface area contributed by atoms with Gasteiger partial charge in [-0.05, 0) is 35.9 Å². The van der Waals surface area contributed by atoms with E-state index in [0.717, 1.165) is 12.4 Å². The van der Waals surface area contributed by atoms with E-state index < -0.39 is 10.2 Å². The minimum absolute atomic E-state index is 0.100. The first-order chi connectivity index (χ1) is 16.9. The molecule has 0 N–H and O–H groups in total. The lowest BCUT2D eigenvalue weighted by atomic mass is 10.1. The molecule has 0 spiro atoms. The summed E-state index contributed by atoms with van der Waals surface area (Å²) in [5, 5.41) is 0. The Hall–Kier alpha value is -3.70. The number of imidazole rings is 1. The van der Waals surface area contributed by atoms with Gasteiger partial charge in [-0.3, -0.25) is 9.36 Å². The molecule has 0 saturated carbocycles. The van der Waals surface area contributed by atoms with Crippen LogP contribution in [0.1, 0.15) is 29.5 Å². The number of rotatable bonds is 7. The van der Waals surface area contributed by atoms with Crippen LogP contribution in [-0.4, -0.2) is 62.6 Å². The fourth-order valence-corrected chi connectivity index (χ4v) is 4.15. The van der Waals surface area contributed by atoms with Gasteiger partial charge in [-0.25, -0.2) is 9.37 Å². The summed E-state index contributed by atoms with van der Waals surface area (Å²) in [6.45, 7) is 4.07. The fraction of sp³-hybridized carbons (Fsp3) is 0.250. The van der Waals surface area contributed by atoms with Gasteiger partial charge in [-0.15, -0.1) is 4.40 Å². The van der Waals surface area contributed by atoms with Crippen LogP contribution in [0.25, 0.3) is 17.1 Å². The average Bonchev–Trinajstić information content (AvgIpc) is 3.24. The third kappa shape index (κ3) is 5.87. The molecule has 9 nitrogen and oxygen atoms in total. The molecule has 0 radical (unpaired) electrons. The number of hydrogen-bond donors (Lipinski definition) is 0. The smallest absolute Gasteiger partial charge is 0.363 e. The molecule has 182 valence electrons. The Morgan fingerprint density at radius 1 is 1.17 bits per heavy atom. The van der Waals surface area contributed by atoms with Crippen molar-refractivity contribution in [1.29, 1.82) is 0 Å². The molecule has 0 bridgehead atoms. The van der Waals surface area contributed by atoms with Crippen molar-refractivity contribution in [2.24, 2.45) is 8.80 Å². The highest BCUT2D eigenvalue weighted by Crippen LogP contribution is 2.22. The zero-order chi connectivity index (χ0) is 24.8. The summed E-state index contributed by atoms with van der Waals surface area (Å²) in [4.78, 5) is 18.6. The number of para-hydroxylation sites is 2. The van der Waals surface area contributed by atoms with Crippen molar-refractivity contribution < 1.29 is 22.3 Å². The molecular formula is C24H24FN5O4S. The quantitative estimate of drug-likeness (QED) is 0.463. The maximum absolute atomic E-state index is 14.5. The van der Waals surface area contributed by atoms with Gasteiger partial charge in [-0.1, -0.05) is 31.2 Å².